The highest BCUT2D eigenvalue weighted by atomic mass is 127. The third-order valence-electron chi connectivity index (χ3n) is 3.85. The quantitative estimate of drug-likeness (QED) is 0.220. The SMILES string of the molecule is O=C(COc1ccc(Cl)cc1Cl)N/N=C/c1ccc(OCc2ccc(I)cc2)cc1. The standard InChI is InChI=1S/C22H17Cl2IN2O3/c23-17-5-10-21(20(24)11-17)30-14-22(28)27-26-12-15-3-8-19(9-4-15)29-13-16-1-6-18(25)7-2-16/h1-12H,13-14H2,(H,27,28)/b26-12+. The zero-order valence-corrected chi connectivity index (χ0v) is 19.3. The van der Waals surface area contributed by atoms with E-state index >= 15 is 0 Å². The van der Waals surface area contributed by atoms with Gasteiger partial charge in [-0.25, -0.2) is 5.43 Å². The first kappa shape index (κ1) is 22.4. The molecule has 8 heteroatoms. The lowest BCUT2D eigenvalue weighted by atomic mass is 10.2. The maximum atomic E-state index is 11.8. The van der Waals surface area contributed by atoms with Crippen LogP contribution in [0.1, 0.15) is 11.1 Å². The largest absolute Gasteiger partial charge is 0.489 e. The van der Waals surface area contributed by atoms with Crippen molar-refractivity contribution in [2.45, 2.75) is 6.61 Å². The molecular weight excluding hydrogens is 538 g/mol. The summed E-state index contributed by atoms with van der Waals surface area (Å²) in [5.41, 5.74) is 4.32. The number of hydrazone groups is 1. The van der Waals surface area contributed by atoms with Crippen LogP contribution >= 0.6 is 45.8 Å². The Hall–Kier alpha value is -2.29. The predicted molar refractivity (Wildman–Crippen MR) is 128 cm³/mol. The van der Waals surface area contributed by atoms with Crippen LogP contribution in [-0.2, 0) is 11.4 Å². The summed E-state index contributed by atoms with van der Waals surface area (Å²) in [5, 5.41) is 4.75. The molecule has 154 valence electrons. The Balaban J connectivity index is 1.43. The number of halogens is 3. The second-order valence-corrected chi connectivity index (χ2v) is 8.23. The van der Waals surface area contributed by atoms with Crippen LogP contribution < -0.4 is 14.9 Å². The van der Waals surface area contributed by atoms with Crippen molar-refractivity contribution < 1.29 is 14.3 Å². The van der Waals surface area contributed by atoms with Crippen molar-refractivity contribution in [2.75, 3.05) is 6.61 Å². The smallest absolute Gasteiger partial charge is 0.277 e. The number of rotatable bonds is 8. The molecule has 0 saturated heterocycles. The Morgan fingerprint density at radius 1 is 1.00 bits per heavy atom. The van der Waals surface area contributed by atoms with E-state index in [2.05, 4.69) is 33.1 Å². The first-order valence-corrected chi connectivity index (χ1v) is 10.7. The molecule has 3 aromatic rings. The lowest BCUT2D eigenvalue weighted by Gasteiger charge is -2.07. The Morgan fingerprint density at radius 3 is 2.43 bits per heavy atom. The number of hydrogen-bond donors (Lipinski definition) is 1. The molecule has 1 N–H and O–H groups in total. The van der Waals surface area contributed by atoms with Crippen LogP contribution in [0, 0.1) is 3.57 Å². The minimum Gasteiger partial charge on any atom is -0.489 e. The van der Waals surface area contributed by atoms with Gasteiger partial charge in [0.15, 0.2) is 6.61 Å². The molecule has 0 saturated carbocycles. The molecule has 0 atom stereocenters. The maximum absolute atomic E-state index is 11.8. The van der Waals surface area contributed by atoms with Crippen LogP contribution in [0.2, 0.25) is 10.0 Å². The Morgan fingerprint density at radius 2 is 1.73 bits per heavy atom. The van der Waals surface area contributed by atoms with E-state index in [9.17, 15) is 4.79 Å². The molecule has 0 radical (unpaired) electrons. The first-order chi connectivity index (χ1) is 14.5. The van der Waals surface area contributed by atoms with Gasteiger partial charge in [0.25, 0.3) is 5.91 Å². The number of nitrogens with one attached hydrogen (secondary N) is 1. The summed E-state index contributed by atoms with van der Waals surface area (Å²) in [5.74, 6) is 0.721. The molecule has 0 spiro atoms. The van der Waals surface area contributed by atoms with E-state index in [4.69, 9.17) is 32.7 Å². The van der Waals surface area contributed by atoms with Gasteiger partial charge in [0.2, 0.25) is 0 Å². The van der Waals surface area contributed by atoms with Crippen molar-refractivity contribution in [2.24, 2.45) is 5.10 Å². The lowest BCUT2D eigenvalue weighted by Crippen LogP contribution is -2.24. The maximum Gasteiger partial charge on any atom is 0.277 e. The molecule has 0 aliphatic heterocycles. The van der Waals surface area contributed by atoms with Gasteiger partial charge in [-0.3, -0.25) is 4.79 Å². The van der Waals surface area contributed by atoms with Crippen LogP contribution in [-0.4, -0.2) is 18.7 Å². The van der Waals surface area contributed by atoms with Gasteiger partial charge in [0, 0.05) is 8.59 Å². The molecule has 3 rings (SSSR count). The average Bonchev–Trinajstić information content (AvgIpc) is 2.74. The van der Waals surface area contributed by atoms with E-state index in [0.29, 0.717) is 22.4 Å². The second-order valence-electron chi connectivity index (χ2n) is 6.14. The topological polar surface area (TPSA) is 59.9 Å². The summed E-state index contributed by atoms with van der Waals surface area (Å²) < 4.78 is 12.3. The Labute approximate surface area is 198 Å². The minimum absolute atomic E-state index is 0.218. The van der Waals surface area contributed by atoms with Gasteiger partial charge in [-0.2, -0.15) is 5.10 Å². The molecule has 1 amide bonds. The Kier molecular flexibility index (Phi) is 8.36. The fraction of sp³-hybridized carbons (Fsp3) is 0.0909. The fourth-order valence-corrected chi connectivity index (χ4v) is 3.17. The molecule has 0 unspecified atom stereocenters. The van der Waals surface area contributed by atoms with Crippen LogP contribution in [0.5, 0.6) is 11.5 Å². The second kappa shape index (κ2) is 11.2. The number of ether oxygens (including phenoxy) is 2. The third-order valence-corrected chi connectivity index (χ3v) is 5.10. The van der Waals surface area contributed by atoms with Gasteiger partial charge in [-0.1, -0.05) is 35.3 Å². The van der Waals surface area contributed by atoms with Crippen LogP contribution in [0.3, 0.4) is 0 Å². The van der Waals surface area contributed by atoms with Crippen molar-refractivity contribution in [3.05, 3.63) is 91.5 Å². The molecular formula is C22H17Cl2IN2O3. The van der Waals surface area contributed by atoms with Crippen molar-refractivity contribution in [1.29, 1.82) is 0 Å². The molecule has 30 heavy (non-hydrogen) atoms. The van der Waals surface area contributed by atoms with Crippen LogP contribution in [0.15, 0.2) is 71.8 Å². The van der Waals surface area contributed by atoms with E-state index in [1.165, 1.54) is 9.78 Å². The molecule has 0 aromatic heterocycles. The number of carbonyl (C=O) groups excluding carboxylic acids is 1. The number of benzene rings is 3. The van der Waals surface area contributed by atoms with E-state index in [1.807, 2.05) is 48.5 Å². The molecule has 0 bridgehead atoms. The minimum atomic E-state index is -0.408. The highest BCUT2D eigenvalue weighted by molar-refractivity contribution is 14.1. The number of amides is 1. The lowest BCUT2D eigenvalue weighted by molar-refractivity contribution is -0.123. The predicted octanol–water partition coefficient (Wildman–Crippen LogP) is 5.71. The summed E-state index contributed by atoms with van der Waals surface area (Å²) in [6, 6.07) is 20.3. The molecule has 0 heterocycles. The summed E-state index contributed by atoms with van der Waals surface area (Å²) in [4.78, 5) is 11.8. The molecule has 5 nitrogen and oxygen atoms in total. The van der Waals surface area contributed by atoms with Gasteiger partial charge < -0.3 is 9.47 Å². The molecule has 3 aromatic carbocycles. The van der Waals surface area contributed by atoms with Crippen LogP contribution in [0.4, 0.5) is 0 Å². The van der Waals surface area contributed by atoms with Crippen LogP contribution in [0.25, 0.3) is 0 Å². The van der Waals surface area contributed by atoms with E-state index in [1.54, 1.807) is 18.2 Å². The normalized spacial score (nSPS) is 10.8. The zero-order chi connectivity index (χ0) is 21.3. The number of hydrogen-bond acceptors (Lipinski definition) is 4. The summed E-state index contributed by atoms with van der Waals surface area (Å²) in [7, 11) is 0. The van der Waals surface area contributed by atoms with Crippen molar-refractivity contribution >= 4 is 57.9 Å². The van der Waals surface area contributed by atoms with Crippen molar-refractivity contribution in [1.82, 2.24) is 5.43 Å². The van der Waals surface area contributed by atoms with Crippen molar-refractivity contribution in [3.8, 4) is 11.5 Å². The van der Waals surface area contributed by atoms with Gasteiger partial charge in [0.1, 0.15) is 18.1 Å². The van der Waals surface area contributed by atoms with Gasteiger partial charge in [-0.15, -0.1) is 0 Å². The van der Waals surface area contributed by atoms with Gasteiger partial charge in [-0.05, 0) is 88.3 Å². The Bertz CT molecular complexity index is 1030. The van der Waals surface area contributed by atoms with Gasteiger partial charge in [0.05, 0.1) is 11.2 Å². The first-order valence-electron chi connectivity index (χ1n) is 8.87. The molecule has 0 aliphatic carbocycles. The van der Waals surface area contributed by atoms with Crippen molar-refractivity contribution in [3.63, 3.8) is 0 Å². The summed E-state index contributed by atoms with van der Waals surface area (Å²) in [6.45, 7) is 0.280. The average molecular weight is 555 g/mol. The number of nitrogens with zero attached hydrogens (tertiary/aromatic N) is 1. The monoisotopic (exact) mass is 554 g/mol. The highest BCUT2D eigenvalue weighted by Gasteiger charge is 2.05. The van der Waals surface area contributed by atoms with E-state index < -0.39 is 5.91 Å². The zero-order valence-electron chi connectivity index (χ0n) is 15.6. The van der Waals surface area contributed by atoms with E-state index in [-0.39, 0.29) is 6.61 Å². The highest BCUT2D eigenvalue weighted by Crippen LogP contribution is 2.27. The number of carbonyl (C=O) groups is 1. The summed E-state index contributed by atoms with van der Waals surface area (Å²) >= 11 is 14.1. The molecule has 0 aliphatic rings. The fourth-order valence-electron chi connectivity index (χ4n) is 2.34. The van der Waals surface area contributed by atoms with E-state index in [0.717, 1.165) is 16.9 Å². The third kappa shape index (κ3) is 7.19. The van der Waals surface area contributed by atoms with Gasteiger partial charge >= 0.3 is 0 Å². The molecule has 0 fully saturated rings. The summed E-state index contributed by atoms with van der Waals surface area (Å²) in [6.07, 6.45) is 1.54.